The fourth-order valence-electron chi connectivity index (χ4n) is 2.99. The van der Waals surface area contributed by atoms with Crippen LogP contribution in [0.15, 0.2) is 24.3 Å². The summed E-state index contributed by atoms with van der Waals surface area (Å²) in [4.78, 5) is 0. The van der Waals surface area contributed by atoms with Crippen LogP contribution in [0.2, 0.25) is 0 Å². The molecule has 0 saturated carbocycles. The molecule has 0 radical (unpaired) electrons. The Bertz CT molecular complexity index is 870. The van der Waals surface area contributed by atoms with E-state index in [1.165, 1.54) is 0 Å². The van der Waals surface area contributed by atoms with Gasteiger partial charge in [-0.25, -0.2) is 0 Å². The van der Waals surface area contributed by atoms with Crippen LogP contribution in [0.25, 0.3) is 12.2 Å². The van der Waals surface area contributed by atoms with Crippen LogP contribution in [-0.4, -0.2) is 61.2 Å². The van der Waals surface area contributed by atoms with Gasteiger partial charge in [0.1, 0.15) is 12.7 Å². The molecule has 2 aromatic rings. The molecule has 8 heteroatoms. The van der Waals surface area contributed by atoms with Crippen LogP contribution in [-0.2, 0) is 9.47 Å². The second-order valence-corrected chi connectivity index (χ2v) is 6.86. The van der Waals surface area contributed by atoms with Crippen LogP contribution in [0.1, 0.15) is 18.1 Å². The average molecular weight is 446 g/mol. The molecule has 174 valence electrons. The van der Waals surface area contributed by atoms with Crippen molar-refractivity contribution >= 4 is 12.2 Å². The second kappa shape index (κ2) is 11.5. The smallest absolute Gasteiger partial charge is 0.206 e. The molecule has 0 spiro atoms. The Morgan fingerprint density at radius 2 is 1.22 bits per heavy atom. The van der Waals surface area contributed by atoms with Crippen molar-refractivity contribution in [2.75, 3.05) is 55.1 Å². The van der Waals surface area contributed by atoms with Crippen LogP contribution < -0.4 is 28.4 Å². The van der Waals surface area contributed by atoms with Crippen molar-refractivity contribution in [2.24, 2.45) is 0 Å². The third-order valence-electron chi connectivity index (χ3n) is 4.74. The van der Waals surface area contributed by atoms with E-state index in [9.17, 15) is 0 Å². The molecular formula is C24H30O8. The largest absolute Gasteiger partial charge is 0.493 e. The van der Waals surface area contributed by atoms with Gasteiger partial charge in [0, 0.05) is 6.61 Å². The predicted octanol–water partition coefficient (Wildman–Crippen LogP) is 4.04. The molecule has 0 aliphatic carbocycles. The van der Waals surface area contributed by atoms with Gasteiger partial charge < -0.3 is 37.9 Å². The molecule has 1 aliphatic rings. The first-order chi connectivity index (χ1) is 15.6. The van der Waals surface area contributed by atoms with E-state index in [2.05, 4.69) is 0 Å². The summed E-state index contributed by atoms with van der Waals surface area (Å²) >= 11 is 0. The van der Waals surface area contributed by atoms with Gasteiger partial charge in [-0.3, -0.25) is 0 Å². The molecular weight excluding hydrogens is 416 g/mol. The Morgan fingerprint density at radius 1 is 0.781 bits per heavy atom. The highest BCUT2D eigenvalue weighted by atomic mass is 16.7. The molecule has 1 heterocycles. The van der Waals surface area contributed by atoms with E-state index in [1.807, 2.05) is 43.3 Å². The van der Waals surface area contributed by atoms with Crippen molar-refractivity contribution in [3.05, 3.63) is 35.4 Å². The molecule has 0 bridgehead atoms. The summed E-state index contributed by atoms with van der Waals surface area (Å²) in [7, 11) is 6.35. The van der Waals surface area contributed by atoms with Crippen molar-refractivity contribution in [3.63, 3.8) is 0 Å². The van der Waals surface area contributed by atoms with Gasteiger partial charge in [0.15, 0.2) is 29.8 Å². The van der Waals surface area contributed by atoms with Gasteiger partial charge in [-0.2, -0.15) is 0 Å². The van der Waals surface area contributed by atoms with Gasteiger partial charge in [-0.15, -0.1) is 0 Å². The van der Waals surface area contributed by atoms with Crippen molar-refractivity contribution < 1.29 is 37.9 Å². The van der Waals surface area contributed by atoms with Crippen LogP contribution in [0.4, 0.5) is 0 Å². The monoisotopic (exact) mass is 446 g/mol. The SMILES string of the molecule is CCOCOc1c(OC)cc(/C=C/c2cc(OC)c(OCC3CO3)c(OC)c2)cc1OC. The Balaban J connectivity index is 1.85. The molecule has 0 N–H and O–H groups in total. The quantitative estimate of drug-likeness (QED) is 0.197. The lowest BCUT2D eigenvalue weighted by atomic mass is 10.1. The van der Waals surface area contributed by atoms with Gasteiger partial charge in [-0.05, 0) is 42.3 Å². The molecule has 8 nitrogen and oxygen atoms in total. The maximum Gasteiger partial charge on any atom is 0.206 e. The Morgan fingerprint density at radius 3 is 1.59 bits per heavy atom. The minimum absolute atomic E-state index is 0.110. The zero-order chi connectivity index (χ0) is 22.9. The second-order valence-electron chi connectivity index (χ2n) is 6.86. The van der Waals surface area contributed by atoms with Gasteiger partial charge in [0.25, 0.3) is 0 Å². The standard InChI is InChI=1S/C24H30O8/c1-6-29-15-32-24-21(27-4)11-17(12-22(24)28-5)8-7-16-9-19(25-2)23(20(10-16)26-3)31-14-18-13-30-18/h7-12,18H,6,13-15H2,1-5H3/b8-7+. The van der Waals surface area contributed by atoms with Crippen LogP contribution in [0.3, 0.4) is 0 Å². The first kappa shape index (κ1) is 23.6. The maximum absolute atomic E-state index is 5.85. The molecule has 1 atom stereocenters. The molecule has 1 fully saturated rings. The van der Waals surface area contributed by atoms with Crippen LogP contribution in [0, 0.1) is 0 Å². The molecule has 1 saturated heterocycles. The predicted molar refractivity (Wildman–Crippen MR) is 120 cm³/mol. The fraction of sp³-hybridized carbons (Fsp3) is 0.417. The van der Waals surface area contributed by atoms with Crippen molar-refractivity contribution in [1.82, 2.24) is 0 Å². The van der Waals surface area contributed by atoms with Crippen molar-refractivity contribution in [2.45, 2.75) is 13.0 Å². The number of methoxy groups -OCH3 is 4. The lowest BCUT2D eigenvalue weighted by Crippen LogP contribution is -2.06. The van der Waals surface area contributed by atoms with Gasteiger partial charge in [0.05, 0.1) is 35.0 Å². The molecule has 2 aromatic carbocycles. The highest BCUT2D eigenvalue weighted by molar-refractivity contribution is 5.75. The highest BCUT2D eigenvalue weighted by Gasteiger charge is 2.25. The molecule has 0 aromatic heterocycles. The number of rotatable bonds is 13. The van der Waals surface area contributed by atoms with E-state index >= 15 is 0 Å². The number of benzene rings is 2. The summed E-state index contributed by atoms with van der Waals surface area (Å²) in [5.74, 6) is 3.31. The van der Waals surface area contributed by atoms with Gasteiger partial charge in [0.2, 0.25) is 11.5 Å². The van der Waals surface area contributed by atoms with Crippen molar-refractivity contribution in [3.8, 4) is 34.5 Å². The average Bonchev–Trinajstić information content (AvgIpc) is 3.65. The Kier molecular flexibility index (Phi) is 8.47. The summed E-state index contributed by atoms with van der Waals surface area (Å²) < 4.78 is 44.0. The fourth-order valence-corrected chi connectivity index (χ4v) is 2.99. The van der Waals surface area contributed by atoms with E-state index < -0.39 is 0 Å². The van der Waals surface area contributed by atoms with Crippen LogP contribution >= 0.6 is 0 Å². The highest BCUT2D eigenvalue weighted by Crippen LogP contribution is 2.41. The molecule has 0 amide bonds. The number of hydrogen-bond acceptors (Lipinski definition) is 8. The van der Waals surface area contributed by atoms with E-state index in [0.717, 1.165) is 11.1 Å². The van der Waals surface area contributed by atoms with Gasteiger partial charge in [-0.1, -0.05) is 12.2 Å². The molecule has 1 aliphatic heterocycles. The van der Waals surface area contributed by atoms with E-state index in [0.29, 0.717) is 54.3 Å². The first-order valence-corrected chi connectivity index (χ1v) is 10.3. The topological polar surface area (TPSA) is 77.1 Å². The minimum atomic E-state index is 0.110. The third kappa shape index (κ3) is 5.99. The Labute approximate surface area is 188 Å². The molecule has 3 rings (SSSR count). The van der Waals surface area contributed by atoms with E-state index in [-0.39, 0.29) is 12.9 Å². The molecule has 32 heavy (non-hydrogen) atoms. The maximum atomic E-state index is 5.85. The zero-order valence-corrected chi connectivity index (χ0v) is 19.1. The minimum Gasteiger partial charge on any atom is -0.493 e. The summed E-state index contributed by atoms with van der Waals surface area (Å²) in [5.41, 5.74) is 1.75. The number of ether oxygens (including phenoxy) is 8. The van der Waals surface area contributed by atoms with Crippen molar-refractivity contribution in [1.29, 1.82) is 0 Å². The number of epoxide rings is 1. The molecule has 1 unspecified atom stereocenters. The van der Waals surface area contributed by atoms with Gasteiger partial charge >= 0.3 is 0 Å². The lowest BCUT2D eigenvalue weighted by Gasteiger charge is -2.15. The summed E-state index contributed by atoms with van der Waals surface area (Å²) in [6.07, 6.45) is 4.01. The van der Waals surface area contributed by atoms with E-state index in [1.54, 1.807) is 28.4 Å². The summed E-state index contributed by atoms with van der Waals surface area (Å²) in [5, 5.41) is 0. The first-order valence-electron chi connectivity index (χ1n) is 10.3. The normalized spacial score (nSPS) is 14.8. The summed E-state index contributed by atoms with van der Waals surface area (Å²) in [6.45, 7) is 3.73. The van der Waals surface area contributed by atoms with Crippen LogP contribution in [0.5, 0.6) is 34.5 Å². The lowest BCUT2D eigenvalue weighted by molar-refractivity contribution is 0.0193. The Hall–Kier alpha value is -3.10. The third-order valence-corrected chi connectivity index (χ3v) is 4.74. The van der Waals surface area contributed by atoms with E-state index in [4.69, 9.17) is 37.9 Å². The number of hydrogen-bond donors (Lipinski definition) is 0. The zero-order valence-electron chi connectivity index (χ0n) is 19.1. The summed E-state index contributed by atoms with van der Waals surface area (Å²) in [6, 6.07) is 7.50.